The minimum atomic E-state index is -0.412. The predicted octanol–water partition coefficient (Wildman–Crippen LogP) is 2.54. The molecule has 0 atom stereocenters. The first-order valence-corrected chi connectivity index (χ1v) is 9.30. The second-order valence-electron chi connectivity index (χ2n) is 6.16. The number of nitro benzene ring substituents is 1. The maximum atomic E-state index is 10.9. The Morgan fingerprint density at radius 3 is 2.41 bits per heavy atom. The molecule has 10 heteroatoms. The molecule has 3 heterocycles. The van der Waals surface area contributed by atoms with Crippen LogP contribution in [0.3, 0.4) is 0 Å². The minimum absolute atomic E-state index is 0.0430. The summed E-state index contributed by atoms with van der Waals surface area (Å²) >= 11 is 1.60. The number of nitro groups is 1. The molecule has 138 valence electrons. The van der Waals surface area contributed by atoms with Crippen LogP contribution in [0.1, 0.15) is 5.01 Å². The molecule has 0 saturated carbocycles. The van der Waals surface area contributed by atoms with Gasteiger partial charge >= 0.3 is 0 Å². The normalized spacial score (nSPS) is 14.4. The van der Waals surface area contributed by atoms with Gasteiger partial charge in [-0.15, -0.1) is 20.4 Å². The third-order valence-corrected chi connectivity index (χ3v) is 5.29. The van der Waals surface area contributed by atoms with E-state index in [0.29, 0.717) is 11.3 Å². The fourth-order valence-corrected chi connectivity index (χ4v) is 3.71. The summed E-state index contributed by atoms with van der Waals surface area (Å²) in [6.45, 7) is 5.30. The number of aromatic nitrogens is 4. The first-order chi connectivity index (χ1) is 13.1. The molecule has 1 aliphatic rings. The molecule has 0 bridgehead atoms. The van der Waals surface area contributed by atoms with Crippen LogP contribution in [-0.2, 0) is 0 Å². The molecule has 0 spiro atoms. The molecule has 0 N–H and O–H groups in total. The molecular weight excluding hydrogens is 366 g/mol. The van der Waals surface area contributed by atoms with Crippen molar-refractivity contribution in [2.75, 3.05) is 36.0 Å². The van der Waals surface area contributed by atoms with Crippen molar-refractivity contribution >= 4 is 28.0 Å². The van der Waals surface area contributed by atoms with E-state index in [1.54, 1.807) is 23.5 Å². The Morgan fingerprint density at radius 1 is 1.00 bits per heavy atom. The largest absolute Gasteiger partial charge is 0.352 e. The summed E-state index contributed by atoms with van der Waals surface area (Å²) in [7, 11) is 0. The van der Waals surface area contributed by atoms with Crippen LogP contribution in [0, 0.1) is 17.0 Å². The van der Waals surface area contributed by atoms with Crippen molar-refractivity contribution in [3.05, 3.63) is 51.5 Å². The molecule has 1 fully saturated rings. The molecule has 27 heavy (non-hydrogen) atoms. The minimum Gasteiger partial charge on any atom is -0.352 e. The van der Waals surface area contributed by atoms with Crippen molar-refractivity contribution in [1.29, 1.82) is 0 Å². The van der Waals surface area contributed by atoms with Crippen LogP contribution in [0.2, 0.25) is 0 Å². The van der Waals surface area contributed by atoms with Gasteiger partial charge in [-0.3, -0.25) is 10.1 Å². The predicted molar refractivity (Wildman–Crippen MR) is 103 cm³/mol. The van der Waals surface area contributed by atoms with E-state index in [4.69, 9.17) is 0 Å². The van der Waals surface area contributed by atoms with Gasteiger partial charge in [0.15, 0.2) is 5.82 Å². The van der Waals surface area contributed by atoms with Crippen LogP contribution in [0.4, 0.5) is 16.6 Å². The van der Waals surface area contributed by atoms with Crippen LogP contribution in [0.15, 0.2) is 36.4 Å². The SMILES string of the molecule is Cc1nnc(N2CCN(c3ccc(-c4cccc([N+](=O)[O-])c4)nn3)CC2)s1. The fourth-order valence-electron chi connectivity index (χ4n) is 2.97. The molecule has 0 amide bonds. The Hall–Kier alpha value is -3.14. The van der Waals surface area contributed by atoms with Crippen LogP contribution < -0.4 is 9.80 Å². The van der Waals surface area contributed by atoms with Gasteiger partial charge in [-0.1, -0.05) is 23.5 Å². The van der Waals surface area contributed by atoms with E-state index in [9.17, 15) is 10.1 Å². The van der Waals surface area contributed by atoms with Crippen molar-refractivity contribution in [3.63, 3.8) is 0 Å². The lowest BCUT2D eigenvalue weighted by atomic mass is 10.1. The molecule has 0 aliphatic carbocycles. The molecule has 9 nitrogen and oxygen atoms in total. The van der Waals surface area contributed by atoms with Crippen LogP contribution >= 0.6 is 11.3 Å². The Kier molecular flexibility index (Phi) is 4.63. The monoisotopic (exact) mass is 383 g/mol. The molecule has 3 aromatic rings. The Bertz CT molecular complexity index is 952. The average Bonchev–Trinajstić information content (AvgIpc) is 3.15. The molecule has 0 unspecified atom stereocenters. The van der Waals surface area contributed by atoms with E-state index in [1.807, 2.05) is 19.1 Å². The Morgan fingerprint density at radius 2 is 1.78 bits per heavy atom. The number of benzene rings is 1. The summed E-state index contributed by atoms with van der Waals surface area (Å²) in [5, 5.41) is 29.7. The summed E-state index contributed by atoms with van der Waals surface area (Å²) in [6, 6.07) is 10.2. The lowest BCUT2D eigenvalue weighted by Gasteiger charge is -2.34. The number of nitrogens with zero attached hydrogens (tertiary/aromatic N) is 7. The lowest BCUT2D eigenvalue weighted by molar-refractivity contribution is -0.384. The van der Waals surface area contributed by atoms with Crippen molar-refractivity contribution in [2.45, 2.75) is 6.92 Å². The fraction of sp³-hybridized carbons (Fsp3) is 0.294. The molecule has 1 aliphatic heterocycles. The first kappa shape index (κ1) is 17.3. The van der Waals surface area contributed by atoms with E-state index in [2.05, 4.69) is 30.2 Å². The van der Waals surface area contributed by atoms with Crippen LogP contribution in [-0.4, -0.2) is 51.5 Å². The highest BCUT2D eigenvalue weighted by Gasteiger charge is 2.21. The quantitative estimate of drug-likeness (QED) is 0.500. The van der Waals surface area contributed by atoms with Crippen molar-refractivity contribution in [1.82, 2.24) is 20.4 Å². The maximum Gasteiger partial charge on any atom is 0.270 e. The summed E-state index contributed by atoms with van der Waals surface area (Å²) in [5.41, 5.74) is 1.34. The first-order valence-electron chi connectivity index (χ1n) is 8.49. The van der Waals surface area contributed by atoms with Gasteiger partial charge in [0.1, 0.15) is 5.01 Å². The van der Waals surface area contributed by atoms with Gasteiger partial charge in [-0.05, 0) is 19.1 Å². The van der Waals surface area contributed by atoms with Gasteiger partial charge in [0, 0.05) is 43.9 Å². The molecule has 1 saturated heterocycles. The third-order valence-electron chi connectivity index (χ3n) is 4.39. The Balaban J connectivity index is 1.44. The van der Waals surface area contributed by atoms with E-state index in [1.165, 1.54) is 12.1 Å². The molecule has 0 radical (unpaired) electrons. The highest BCUT2D eigenvalue weighted by Crippen LogP contribution is 2.25. The van der Waals surface area contributed by atoms with Gasteiger partial charge in [0.05, 0.1) is 10.6 Å². The number of aryl methyl sites for hydroxylation is 1. The standard InChI is InChI=1S/C17H17N7O2S/c1-12-18-21-17(27-12)23-9-7-22(8-10-23)16-6-5-15(19-20-16)13-3-2-4-14(11-13)24(25)26/h2-6,11H,7-10H2,1H3. The van der Waals surface area contributed by atoms with Crippen molar-refractivity contribution < 1.29 is 4.92 Å². The second kappa shape index (κ2) is 7.23. The highest BCUT2D eigenvalue weighted by atomic mass is 32.1. The Labute approximate surface area is 159 Å². The lowest BCUT2D eigenvalue weighted by Crippen LogP contribution is -2.46. The van der Waals surface area contributed by atoms with Gasteiger partial charge in [-0.25, -0.2) is 0 Å². The number of hydrogen-bond donors (Lipinski definition) is 0. The summed E-state index contributed by atoms with van der Waals surface area (Å²) in [4.78, 5) is 14.9. The number of non-ortho nitro benzene ring substituents is 1. The van der Waals surface area contributed by atoms with E-state index < -0.39 is 4.92 Å². The molecular formula is C17H17N7O2S. The van der Waals surface area contributed by atoms with Gasteiger partial charge in [0.25, 0.3) is 5.69 Å². The molecule has 2 aromatic heterocycles. The van der Waals surface area contributed by atoms with Crippen LogP contribution in [0.25, 0.3) is 11.3 Å². The van der Waals surface area contributed by atoms with Crippen molar-refractivity contribution in [2.24, 2.45) is 0 Å². The zero-order valence-electron chi connectivity index (χ0n) is 14.6. The summed E-state index contributed by atoms with van der Waals surface area (Å²) in [6.07, 6.45) is 0. The number of hydrogen-bond acceptors (Lipinski definition) is 9. The number of anilines is 2. The number of piperazine rings is 1. The van der Waals surface area contributed by atoms with Crippen LogP contribution in [0.5, 0.6) is 0 Å². The molecule has 4 rings (SSSR count). The van der Waals surface area contributed by atoms with E-state index >= 15 is 0 Å². The zero-order valence-corrected chi connectivity index (χ0v) is 15.5. The average molecular weight is 383 g/mol. The molecule has 1 aromatic carbocycles. The highest BCUT2D eigenvalue weighted by molar-refractivity contribution is 7.15. The summed E-state index contributed by atoms with van der Waals surface area (Å²) in [5.74, 6) is 0.803. The third kappa shape index (κ3) is 3.70. The van der Waals surface area contributed by atoms with E-state index in [-0.39, 0.29) is 5.69 Å². The van der Waals surface area contributed by atoms with E-state index in [0.717, 1.165) is 42.1 Å². The zero-order chi connectivity index (χ0) is 18.8. The van der Waals surface area contributed by atoms with Gasteiger partial charge < -0.3 is 9.80 Å². The van der Waals surface area contributed by atoms with Gasteiger partial charge in [0.2, 0.25) is 5.13 Å². The van der Waals surface area contributed by atoms with Crippen molar-refractivity contribution in [3.8, 4) is 11.3 Å². The topological polar surface area (TPSA) is 101 Å². The second-order valence-corrected chi connectivity index (χ2v) is 7.32. The van der Waals surface area contributed by atoms with Gasteiger partial charge in [-0.2, -0.15) is 0 Å². The summed E-state index contributed by atoms with van der Waals surface area (Å²) < 4.78 is 0. The smallest absolute Gasteiger partial charge is 0.270 e. The number of rotatable bonds is 4. The maximum absolute atomic E-state index is 10.9.